The number of hydrogen-bond acceptors (Lipinski definition) is 5. The number of fused-ring (bicyclic) bond motifs is 1. The molecule has 0 saturated carbocycles. The number of aromatic hydroxyl groups is 1. The van der Waals surface area contributed by atoms with E-state index in [-0.39, 0.29) is 23.9 Å². The number of primary amides is 1. The summed E-state index contributed by atoms with van der Waals surface area (Å²) in [5.74, 6) is -0.552. The van der Waals surface area contributed by atoms with Crippen molar-refractivity contribution in [2.75, 3.05) is 13.7 Å². The molecule has 1 aromatic carbocycles. The van der Waals surface area contributed by atoms with Crippen LogP contribution in [0.5, 0.6) is 11.5 Å². The average molecular weight is 316 g/mol. The van der Waals surface area contributed by atoms with Gasteiger partial charge in [-0.1, -0.05) is 0 Å². The molecule has 1 aliphatic heterocycles. The summed E-state index contributed by atoms with van der Waals surface area (Å²) in [7, 11) is 1.56. The Labute approximate surface area is 132 Å². The first kappa shape index (κ1) is 14.9. The van der Waals surface area contributed by atoms with Gasteiger partial charge in [0.1, 0.15) is 11.4 Å². The molecule has 0 fully saturated rings. The Morgan fingerprint density at radius 2 is 1.96 bits per heavy atom. The van der Waals surface area contributed by atoms with E-state index in [9.17, 15) is 14.7 Å². The fraction of sp³-hybridized carbons (Fsp3) is 0.267. The third-order valence-electron chi connectivity index (χ3n) is 3.81. The van der Waals surface area contributed by atoms with Gasteiger partial charge >= 0.3 is 0 Å². The molecule has 23 heavy (non-hydrogen) atoms. The van der Waals surface area contributed by atoms with E-state index >= 15 is 0 Å². The number of nitrogens with two attached hydrogens (primary N) is 1. The van der Waals surface area contributed by atoms with E-state index in [1.807, 2.05) is 0 Å². The summed E-state index contributed by atoms with van der Waals surface area (Å²) in [4.78, 5) is 25.4. The lowest BCUT2D eigenvalue weighted by molar-refractivity contribution is 0.0704. The maximum Gasteiger partial charge on any atom is 0.273 e. The molecule has 0 bridgehead atoms. The molecule has 1 aromatic heterocycles. The molecule has 3 N–H and O–H groups in total. The highest BCUT2D eigenvalue weighted by Gasteiger charge is 2.28. The fourth-order valence-electron chi connectivity index (χ4n) is 2.56. The van der Waals surface area contributed by atoms with Gasteiger partial charge in [-0.05, 0) is 24.3 Å². The van der Waals surface area contributed by atoms with Crippen LogP contribution in [0, 0.1) is 0 Å². The Bertz CT molecular complexity index is 767. The van der Waals surface area contributed by atoms with Crippen LogP contribution in [-0.4, -0.2) is 45.3 Å². The smallest absolute Gasteiger partial charge is 0.273 e. The molecule has 8 nitrogen and oxygen atoms in total. The summed E-state index contributed by atoms with van der Waals surface area (Å²) in [6, 6.07) is 6.79. The van der Waals surface area contributed by atoms with Crippen LogP contribution in [0.2, 0.25) is 0 Å². The summed E-state index contributed by atoms with van der Waals surface area (Å²) in [5, 5.41) is 14.0. The van der Waals surface area contributed by atoms with Crippen molar-refractivity contribution in [3.63, 3.8) is 0 Å². The molecule has 2 heterocycles. The van der Waals surface area contributed by atoms with Crippen molar-refractivity contribution >= 4 is 11.8 Å². The molecule has 8 heteroatoms. The molecule has 3 rings (SSSR count). The van der Waals surface area contributed by atoms with Crippen molar-refractivity contribution < 1.29 is 19.4 Å². The number of ether oxygens (including phenoxy) is 1. The number of aromatic nitrogens is 2. The minimum atomic E-state index is -0.794. The maximum atomic E-state index is 12.5. The van der Waals surface area contributed by atoms with Crippen molar-refractivity contribution in [1.82, 2.24) is 14.7 Å². The van der Waals surface area contributed by atoms with Crippen LogP contribution >= 0.6 is 0 Å². The second-order valence-electron chi connectivity index (χ2n) is 5.19. The van der Waals surface area contributed by atoms with Gasteiger partial charge < -0.3 is 20.5 Å². The normalized spacial score (nSPS) is 13.5. The minimum absolute atomic E-state index is 0.164. The molecular formula is C15H16N4O4. The van der Waals surface area contributed by atoms with Gasteiger partial charge in [-0.3, -0.25) is 14.3 Å². The number of rotatable bonds is 3. The monoisotopic (exact) mass is 316 g/mol. The van der Waals surface area contributed by atoms with Gasteiger partial charge in [0, 0.05) is 12.1 Å². The number of carbonyl (C=O) groups excluding carboxylic acids is 2. The Morgan fingerprint density at radius 3 is 2.57 bits per heavy atom. The van der Waals surface area contributed by atoms with Crippen LogP contribution in [0.1, 0.15) is 26.5 Å². The first-order valence-corrected chi connectivity index (χ1v) is 7.03. The Morgan fingerprint density at radius 1 is 1.26 bits per heavy atom. The van der Waals surface area contributed by atoms with E-state index in [1.54, 1.807) is 36.3 Å². The predicted molar refractivity (Wildman–Crippen MR) is 80.1 cm³/mol. The zero-order valence-corrected chi connectivity index (χ0v) is 12.5. The molecule has 0 unspecified atom stereocenters. The van der Waals surface area contributed by atoms with Crippen LogP contribution in [0.4, 0.5) is 0 Å². The van der Waals surface area contributed by atoms with Crippen molar-refractivity contribution in [3.8, 4) is 11.5 Å². The number of nitrogens with zero attached hydrogens (tertiary/aromatic N) is 3. The van der Waals surface area contributed by atoms with Crippen molar-refractivity contribution in [1.29, 1.82) is 0 Å². The summed E-state index contributed by atoms with van der Waals surface area (Å²) >= 11 is 0. The number of hydrogen-bond donors (Lipinski definition) is 2. The number of carbonyl (C=O) groups is 2. The summed E-state index contributed by atoms with van der Waals surface area (Å²) < 4.78 is 6.58. The Balaban J connectivity index is 1.83. The van der Waals surface area contributed by atoms with Crippen LogP contribution < -0.4 is 10.5 Å². The number of methoxy groups -OCH3 is 1. The lowest BCUT2D eigenvalue weighted by atomic mass is 10.1. The molecule has 0 radical (unpaired) electrons. The highest BCUT2D eigenvalue weighted by atomic mass is 16.5. The van der Waals surface area contributed by atoms with Gasteiger partial charge in [-0.2, -0.15) is 5.10 Å². The number of benzene rings is 1. The molecule has 0 spiro atoms. The molecule has 1 aliphatic rings. The van der Waals surface area contributed by atoms with E-state index < -0.39 is 5.91 Å². The highest BCUT2D eigenvalue weighted by molar-refractivity contribution is 5.95. The minimum Gasteiger partial charge on any atom is -0.504 e. The SMILES string of the molecule is COc1ccc(C(=O)N2CCn3nc(C(N)=O)c(O)c3C2)cc1. The van der Waals surface area contributed by atoms with Gasteiger partial charge in [0.05, 0.1) is 20.2 Å². The Kier molecular flexibility index (Phi) is 3.65. The molecule has 2 amide bonds. The zero-order chi connectivity index (χ0) is 16.6. The Hall–Kier alpha value is -3.03. The van der Waals surface area contributed by atoms with Gasteiger partial charge in [0.2, 0.25) is 0 Å². The topological polar surface area (TPSA) is 111 Å². The lowest BCUT2D eigenvalue weighted by Crippen LogP contribution is -2.38. The van der Waals surface area contributed by atoms with E-state index in [2.05, 4.69) is 5.10 Å². The molecular weight excluding hydrogens is 300 g/mol. The molecule has 2 aromatic rings. The van der Waals surface area contributed by atoms with E-state index in [0.717, 1.165) is 0 Å². The van der Waals surface area contributed by atoms with E-state index in [0.29, 0.717) is 30.1 Å². The van der Waals surface area contributed by atoms with Crippen LogP contribution in [-0.2, 0) is 13.1 Å². The van der Waals surface area contributed by atoms with Crippen molar-refractivity contribution in [2.45, 2.75) is 13.1 Å². The van der Waals surface area contributed by atoms with Gasteiger partial charge in [-0.15, -0.1) is 0 Å². The van der Waals surface area contributed by atoms with Crippen LogP contribution in [0.15, 0.2) is 24.3 Å². The zero-order valence-electron chi connectivity index (χ0n) is 12.5. The largest absolute Gasteiger partial charge is 0.504 e. The van der Waals surface area contributed by atoms with E-state index in [1.165, 1.54) is 4.68 Å². The van der Waals surface area contributed by atoms with Crippen molar-refractivity contribution in [2.24, 2.45) is 5.73 Å². The first-order valence-electron chi connectivity index (χ1n) is 7.03. The molecule has 0 atom stereocenters. The summed E-state index contributed by atoms with van der Waals surface area (Å²) in [5.41, 5.74) is 5.94. The molecule has 0 aliphatic carbocycles. The maximum absolute atomic E-state index is 12.5. The van der Waals surface area contributed by atoms with Gasteiger partial charge in [0.25, 0.3) is 11.8 Å². The lowest BCUT2D eigenvalue weighted by Gasteiger charge is -2.27. The predicted octanol–water partition coefficient (Wildman–Crippen LogP) is 0.352. The third-order valence-corrected chi connectivity index (χ3v) is 3.81. The highest BCUT2D eigenvalue weighted by Crippen LogP contribution is 2.27. The van der Waals surface area contributed by atoms with Crippen LogP contribution in [0.25, 0.3) is 0 Å². The van der Waals surface area contributed by atoms with Gasteiger partial charge in [-0.25, -0.2) is 0 Å². The van der Waals surface area contributed by atoms with E-state index in [4.69, 9.17) is 10.5 Å². The quantitative estimate of drug-likeness (QED) is 0.849. The first-order chi connectivity index (χ1) is 11.0. The standard InChI is InChI=1S/C15H16N4O4/c1-23-10-4-2-9(3-5-10)15(22)18-6-7-19-11(8-18)13(20)12(17-19)14(16)21/h2-5,20H,6-8H2,1H3,(H2,16,21). The summed E-state index contributed by atoms with van der Waals surface area (Å²) in [6.45, 7) is 0.978. The average Bonchev–Trinajstić information content (AvgIpc) is 2.91. The second-order valence-corrected chi connectivity index (χ2v) is 5.19. The molecule has 0 saturated heterocycles. The third kappa shape index (κ3) is 2.59. The number of amides is 2. The molecule has 120 valence electrons. The fourth-order valence-corrected chi connectivity index (χ4v) is 2.56. The van der Waals surface area contributed by atoms with Gasteiger partial charge in [0.15, 0.2) is 11.4 Å². The van der Waals surface area contributed by atoms with Crippen LogP contribution in [0.3, 0.4) is 0 Å². The second kappa shape index (κ2) is 5.64. The van der Waals surface area contributed by atoms with Crippen molar-refractivity contribution in [3.05, 3.63) is 41.2 Å². The summed E-state index contributed by atoms with van der Waals surface area (Å²) in [6.07, 6.45) is 0.